The Hall–Kier alpha value is -2.65. The Balaban J connectivity index is 1.85. The molecule has 3 aromatic heterocycles. The van der Waals surface area contributed by atoms with Gasteiger partial charge in [0.2, 0.25) is 0 Å². The fraction of sp³-hybridized carbons (Fsp3) is 0.136. The lowest BCUT2D eigenvalue weighted by molar-refractivity contribution is 0.670. The number of fused-ring (bicyclic) bond motifs is 4. The Morgan fingerprint density at radius 2 is 1.80 bits per heavy atom. The van der Waals surface area contributed by atoms with Crippen molar-refractivity contribution in [2.24, 2.45) is 0 Å². The molecule has 2 aromatic carbocycles. The van der Waals surface area contributed by atoms with E-state index in [0.717, 1.165) is 33.4 Å². The molecule has 5 aromatic rings. The molecule has 0 radical (unpaired) electrons. The van der Waals surface area contributed by atoms with E-state index in [4.69, 9.17) is 4.42 Å². The summed E-state index contributed by atoms with van der Waals surface area (Å²) < 4.78 is 7.63. The summed E-state index contributed by atoms with van der Waals surface area (Å²) in [7, 11) is 0. The zero-order chi connectivity index (χ0) is 17.1. The molecule has 0 aliphatic heterocycles. The Kier molecular flexibility index (Phi) is 3.03. The van der Waals surface area contributed by atoms with Crippen molar-refractivity contribution in [3.63, 3.8) is 0 Å². The van der Waals surface area contributed by atoms with Crippen molar-refractivity contribution in [3.05, 3.63) is 64.7 Å². The second kappa shape index (κ2) is 5.17. The molecule has 0 bridgehead atoms. The number of pyridine rings is 1. The van der Waals surface area contributed by atoms with Gasteiger partial charge < -0.3 is 4.42 Å². The monoisotopic (exact) mass is 343 g/mol. The quantitative estimate of drug-likeness (QED) is 0.335. The van der Waals surface area contributed by atoms with Crippen LogP contribution < -0.4 is 0 Å². The summed E-state index contributed by atoms with van der Waals surface area (Å²) >= 11 is 1.85. The number of nitrogens with zero attached hydrogens (tertiary/aromatic N) is 1. The van der Waals surface area contributed by atoms with E-state index < -0.39 is 0 Å². The average Bonchev–Trinajstić information content (AvgIpc) is 3.11. The predicted octanol–water partition coefficient (Wildman–Crippen LogP) is 6.79. The highest BCUT2D eigenvalue weighted by molar-refractivity contribution is 7.19. The maximum absolute atomic E-state index is 6.31. The van der Waals surface area contributed by atoms with Crippen molar-refractivity contribution >= 4 is 43.4 Å². The molecule has 122 valence electrons. The summed E-state index contributed by atoms with van der Waals surface area (Å²) in [4.78, 5) is 5.95. The largest absolute Gasteiger partial charge is 0.455 e. The van der Waals surface area contributed by atoms with Gasteiger partial charge in [0.15, 0.2) is 0 Å². The van der Waals surface area contributed by atoms with Gasteiger partial charge in [0.1, 0.15) is 11.2 Å². The van der Waals surface area contributed by atoms with Crippen LogP contribution in [-0.4, -0.2) is 4.98 Å². The first kappa shape index (κ1) is 14.7. The van der Waals surface area contributed by atoms with Crippen LogP contribution in [0.1, 0.15) is 16.0 Å². The van der Waals surface area contributed by atoms with Gasteiger partial charge in [0, 0.05) is 32.1 Å². The summed E-state index contributed by atoms with van der Waals surface area (Å²) in [6, 6.07) is 14.9. The van der Waals surface area contributed by atoms with Gasteiger partial charge in [0.05, 0.1) is 5.69 Å². The number of hydrogen-bond acceptors (Lipinski definition) is 3. The highest BCUT2D eigenvalue weighted by Gasteiger charge is 2.15. The third-order valence-corrected chi connectivity index (χ3v) is 6.15. The second-order valence-electron chi connectivity index (χ2n) is 6.63. The first-order valence-corrected chi connectivity index (χ1v) is 9.21. The Labute approximate surface area is 149 Å². The maximum atomic E-state index is 6.31. The van der Waals surface area contributed by atoms with Crippen LogP contribution >= 0.6 is 11.3 Å². The van der Waals surface area contributed by atoms with E-state index in [9.17, 15) is 0 Å². The molecule has 0 aliphatic carbocycles. The van der Waals surface area contributed by atoms with E-state index in [2.05, 4.69) is 68.2 Å². The minimum atomic E-state index is 0.917. The number of furan rings is 1. The number of para-hydroxylation sites is 1. The van der Waals surface area contributed by atoms with Crippen LogP contribution in [-0.2, 0) is 0 Å². The minimum Gasteiger partial charge on any atom is -0.455 e. The van der Waals surface area contributed by atoms with Crippen molar-refractivity contribution in [1.29, 1.82) is 0 Å². The van der Waals surface area contributed by atoms with Crippen molar-refractivity contribution in [3.8, 4) is 11.3 Å². The molecule has 0 amide bonds. The first-order chi connectivity index (χ1) is 12.1. The Morgan fingerprint density at radius 3 is 2.60 bits per heavy atom. The molecule has 0 fully saturated rings. The van der Waals surface area contributed by atoms with Gasteiger partial charge in [-0.25, -0.2) is 0 Å². The van der Waals surface area contributed by atoms with E-state index in [1.807, 2.05) is 17.5 Å². The standard InChI is InChI=1S/C22H17NOS/c1-12-7-8-19(23-11-12)16-6-4-5-15-18-10-21-17(13(2)14(3)25-21)9-20(18)24-22(15)16/h4-11H,1-3H3. The van der Waals surface area contributed by atoms with Crippen molar-refractivity contribution < 1.29 is 4.42 Å². The lowest BCUT2D eigenvalue weighted by Gasteiger charge is -2.02. The molecule has 0 saturated heterocycles. The zero-order valence-corrected chi connectivity index (χ0v) is 15.2. The molecule has 5 rings (SSSR count). The van der Waals surface area contributed by atoms with Gasteiger partial charge in [-0.05, 0) is 61.5 Å². The lowest BCUT2D eigenvalue weighted by Crippen LogP contribution is -1.84. The average molecular weight is 343 g/mol. The number of thiophene rings is 1. The fourth-order valence-electron chi connectivity index (χ4n) is 3.46. The summed E-state index contributed by atoms with van der Waals surface area (Å²) in [6.07, 6.45) is 1.90. The molecule has 0 N–H and O–H groups in total. The highest BCUT2D eigenvalue weighted by atomic mass is 32.1. The van der Waals surface area contributed by atoms with Crippen molar-refractivity contribution in [2.75, 3.05) is 0 Å². The Bertz CT molecular complexity index is 1260. The summed E-state index contributed by atoms with van der Waals surface area (Å²) in [5.74, 6) is 0. The first-order valence-electron chi connectivity index (χ1n) is 8.40. The molecular weight excluding hydrogens is 326 g/mol. The summed E-state index contributed by atoms with van der Waals surface area (Å²) in [5.41, 5.74) is 6.37. The van der Waals surface area contributed by atoms with Crippen LogP contribution in [0.5, 0.6) is 0 Å². The summed E-state index contributed by atoms with van der Waals surface area (Å²) in [6.45, 7) is 6.42. The van der Waals surface area contributed by atoms with E-state index in [1.54, 1.807) is 0 Å². The molecule has 0 spiro atoms. The zero-order valence-electron chi connectivity index (χ0n) is 14.4. The molecule has 0 saturated carbocycles. The minimum absolute atomic E-state index is 0.917. The van der Waals surface area contributed by atoms with Crippen LogP contribution in [0.4, 0.5) is 0 Å². The molecule has 25 heavy (non-hydrogen) atoms. The normalized spacial score (nSPS) is 11.8. The third-order valence-electron chi connectivity index (χ3n) is 4.98. The molecule has 0 aliphatic rings. The molecule has 0 atom stereocenters. The Morgan fingerprint density at radius 1 is 0.920 bits per heavy atom. The topological polar surface area (TPSA) is 26.0 Å². The molecular formula is C22H17NOS. The van der Waals surface area contributed by atoms with Crippen molar-refractivity contribution in [1.82, 2.24) is 4.98 Å². The summed E-state index contributed by atoms with van der Waals surface area (Å²) in [5, 5.41) is 3.63. The van der Waals surface area contributed by atoms with Crippen LogP contribution in [0.15, 0.2) is 53.1 Å². The fourth-order valence-corrected chi connectivity index (χ4v) is 4.55. The van der Waals surface area contributed by atoms with E-state index in [1.165, 1.54) is 25.9 Å². The second-order valence-corrected chi connectivity index (χ2v) is 7.89. The smallest absolute Gasteiger partial charge is 0.144 e. The van der Waals surface area contributed by atoms with E-state index >= 15 is 0 Å². The maximum Gasteiger partial charge on any atom is 0.144 e. The number of aromatic nitrogens is 1. The van der Waals surface area contributed by atoms with Gasteiger partial charge in [-0.1, -0.05) is 18.2 Å². The molecule has 3 heteroatoms. The van der Waals surface area contributed by atoms with Crippen LogP contribution in [0.2, 0.25) is 0 Å². The van der Waals surface area contributed by atoms with Gasteiger partial charge in [-0.3, -0.25) is 4.98 Å². The third kappa shape index (κ3) is 2.12. The molecule has 0 unspecified atom stereocenters. The highest BCUT2D eigenvalue weighted by Crippen LogP contribution is 2.39. The molecule has 3 heterocycles. The van der Waals surface area contributed by atoms with E-state index in [0.29, 0.717) is 0 Å². The van der Waals surface area contributed by atoms with Gasteiger partial charge in [0.25, 0.3) is 0 Å². The number of aryl methyl sites for hydroxylation is 3. The number of hydrogen-bond donors (Lipinski definition) is 0. The van der Waals surface area contributed by atoms with Gasteiger partial charge in [-0.15, -0.1) is 11.3 Å². The SMILES string of the molecule is Cc1ccc(-c2cccc3c2oc2cc4c(C)c(C)sc4cc23)nc1. The van der Waals surface area contributed by atoms with Crippen LogP contribution in [0.3, 0.4) is 0 Å². The molecule has 2 nitrogen and oxygen atoms in total. The van der Waals surface area contributed by atoms with Gasteiger partial charge >= 0.3 is 0 Å². The predicted molar refractivity (Wildman–Crippen MR) is 107 cm³/mol. The number of rotatable bonds is 1. The van der Waals surface area contributed by atoms with Crippen LogP contribution in [0.25, 0.3) is 43.3 Å². The number of benzene rings is 2. The lowest BCUT2D eigenvalue weighted by atomic mass is 10.0. The van der Waals surface area contributed by atoms with E-state index in [-0.39, 0.29) is 0 Å². The van der Waals surface area contributed by atoms with Crippen LogP contribution in [0, 0.1) is 20.8 Å². The van der Waals surface area contributed by atoms with Gasteiger partial charge in [-0.2, -0.15) is 0 Å². The van der Waals surface area contributed by atoms with Crippen molar-refractivity contribution in [2.45, 2.75) is 20.8 Å².